The smallest absolute Gasteiger partial charge is 0.0366 e. The van der Waals surface area contributed by atoms with Crippen LogP contribution in [0.1, 0.15) is 40.0 Å². The number of benzene rings is 1. The summed E-state index contributed by atoms with van der Waals surface area (Å²) in [6.45, 7) is 10.0. The van der Waals surface area contributed by atoms with Crippen molar-refractivity contribution in [3.8, 4) is 0 Å². The Kier molecular flexibility index (Phi) is 7.51. The van der Waals surface area contributed by atoms with Crippen molar-refractivity contribution >= 4 is 5.69 Å². The quantitative estimate of drug-likeness (QED) is 0.671. The Balaban J connectivity index is 2.17. The average Bonchev–Trinajstić information content (AvgIpc) is 2.38. The van der Waals surface area contributed by atoms with Gasteiger partial charge in [0, 0.05) is 24.8 Å². The van der Waals surface area contributed by atoms with Crippen LogP contribution in [0.4, 0.5) is 5.69 Å². The lowest BCUT2D eigenvalue weighted by Gasteiger charge is -2.23. The number of nitrogens with zero attached hydrogens (tertiary/aromatic N) is 1. The second-order valence-corrected chi connectivity index (χ2v) is 5.08. The molecule has 2 nitrogen and oxygen atoms in total. The summed E-state index contributed by atoms with van der Waals surface area (Å²) in [5.74, 6) is 0. The second-order valence-electron chi connectivity index (χ2n) is 5.08. The van der Waals surface area contributed by atoms with Crippen molar-refractivity contribution in [3.63, 3.8) is 0 Å². The third kappa shape index (κ3) is 6.06. The van der Waals surface area contributed by atoms with E-state index < -0.39 is 0 Å². The molecule has 0 unspecified atom stereocenters. The van der Waals surface area contributed by atoms with E-state index in [1.165, 1.54) is 31.5 Å². The number of hydrogen-bond donors (Lipinski definition) is 1. The highest BCUT2D eigenvalue weighted by Crippen LogP contribution is 2.13. The molecular formula is C16H28N2. The predicted molar refractivity (Wildman–Crippen MR) is 81.3 cm³/mol. The molecule has 0 saturated heterocycles. The molecule has 102 valence electrons. The average molecular weight is 248 g/mol. The summed E-state index contributed by atoms with van der Waals surface area (Å²) in [6.07, 6.45) is 3.87. The van der Waals surface area contributed by atoms with E-state index in [1.54, 1.807) is 0 Å². The van der Waals surface area contributed by atoms with E-state index in [2.05, 4.69) is 61.3 Å². The van der Waals surface area contributed by atoms with Crippen LogP contribution in [0, 0.1) is 0 Å². The minimum atomic E-state index is 0.612. The first-order chi connectivity index (χ1) is 8.74. The van der Waals surface area contributed by atoms with Crippen molar-refractivity contribution in [2.45, 2.75) is 46.1 Å². The monoisotopic (exact) mass is 248 g/mol. The molecule has 0 atom stereocenters. The summed E-state index contributed by atoms with van der Waals surface area (Å²) in [7, 11) is 0. The summed E-state index contributed by atoms with van der Waals surface area (Å²) in [5, 5.41) is 3.47. The van der Waals surface area contributed by atoms with Crippen LogP contribution >= 0.6 is 0 Å². The Morgan fingerprint density at radius 3 is 2.39 bits per heavy atom. The van der Waals surface area contributed by atoms with E-state index in [0.29, 0.717) is 6.04 Å². The first kappa shape index (κ1) is 15.0. The van der Waals surface area contributed by atoms with Crippen molar-refractivity contribution < 1.29 is 0 Å². The van der Waals surface area contributed by atoms with Crippen LogP contribution in [0.15, 0.2) is 30.3 Å². The summed E-state index contributed by atoms with van der Waals surface area (Å²) in [4.78, 5) is 2.45. The fraction of sp³-hybridized carbons (Fsp3) is 0.625. The number of nitrogens with one attached hydrogen (secondary N) is 1. The second kappa shape index (κ2) is 8.98. The van der Waals surface area contributed by atoms with Crippen LogP contribution in [0.5, 0.6) is 0 Å². The van der Waals surface area contributed by atoms with Gasteiger partial charge in [0.2, 0.25) is 0 Å². The molecule has 1 aromatic rings. The van der Waals surface area contributed by atoms with Crippen molar-refractivity contribution in [1.29, 1.82) is 0 Å². The molecule has 1 rings (SSSR count). The van der Waals surface area contributed by atoms with Crippen LogP contribution < -0.4 is 10.2 Å². The van der Waals surface area contributed by atoms with Crippen molar-refractivity contribution in [2.75, 3.05) is 24.5 Å². The normalized spacial score (nSPS) is 10.9. The number of unbranched alkanes of at least 4 members (excludes halogenated alkanes) is 2. The predicted octanol–water partition coefficient (Wildman–Crippen LogP) is 3.68. The zero-order chi connectivity index (χ0) is 13.2. The molecule has 0 aliphatic rings. The highest BCUT2D eigenvalue weighted by atomic mass is 15.1. The molecule has 0 aliphatic heterocycles. The van der Waals surface area contributed by atoms with Gasteiger partial charge in [0.15, 0.2) is 0 Å². The fourth-order valence-electron chi connectivity index (χ4n) is 2.10. The van der Waals surface area contributed by atoms with E-state index in [-0.39, 0.29) is 0 Å². The molecule has 0 heterocycles. The maximum atomic E-state index is 3.47. The fourth-order valence-corrected chi connectivity index (χ4v) is 2.10. The highest BCUT2D eigenvalue weighted by molar-refractivity contribution is 5.45. The van der Waals surface area contributed by atoms with Gasteiger partial charge in [-0.2, -0.15) is 0 Å². The van der Waals surface area contributed by atoms with E-state index >= 15 is 0 Å². The maximum Gasteiger partial charge on any atom is 0.0366 e. The Morgan fingerprint density at radius 1 is 1.06 bits per heavy atom. The summed E-state index contributed by atoms with van der Waals surface area (Å²) in [5.41, 5.74) is 1.35. The van der Waals surface area contributed by atoms with Gasteiger partial charge in [-0.1, -0.05) is 38.5 Å². The van der Waals surface area contributed by atoms with E-state index in [1.807, 2.05) is 0 Å². The zero-order valence-corrected chi connectivity index (χ0v) is 12.2. The Labute approximate surface area is 112 Å². The number of rotatable bonds is 9. The van der Waals surface area contributed by atoms with Gasteiger partial charge in [-0.3, -0.25) is 0 Å². The van der Waals surface area contributed by atoms with E-state index in [0.717, 1.165) is 13.1 Å². The third-order valence-corrected chi connectivity index (χ3v) is 3.16. The first-order valence-electron chi connectivity index (χ1n) is 7.27. The maximum absolute atomic E-state index is 3.47. The largest absolute Gasteiger partial charge is 0.372 e. The van der Waals surface area contributed by atoms with E-state index in [9.17, 15) is 0 Å². The Morgan fingerprint density at radius 2 is 1.78 bits per heavy atom. The molecule has 0 fully saturated rings. The van der Waals surface area contributed by atoms with Gasteiger partial charge in [-0.05, 0) is 38.4 Å². The highest BCUT2D eigenvalue weighted by Gasteiger charge is 2.02. The lowest BCUT2D eigenvalue weighted by Crippen LogP contribution is -2.25. The van der Waals surface area contributed by atoms with Gasteiger partial charge in [0.25, 0.3) is 0 Å². The molecule has 18 heavy (non-hydrogen) atoms. The number of hydrogen-bond acceptors (Lipinski definition) is 2. The van der Waals surface area contributed by atoms with Crippen molar-refractivity contribution in [2.24, 2.45) is 0 Å². The molecular weight excluding hydrogens is 220 g/mol. The molecule has 0 saturated carbocycles. The van der Waals surface area contributed by atoms with Gasteiger partial charge in [0.1, 0.15) is 0 Å². The third-order valence-electron chi connectivity index (χ3n) is 3.16. The minimum Gasteiger partial charge on any atom is -0.372 e. The topological polar surface area (TPSA) is 15.3 Å². The minimum absolute atomic E-state index is 0.612. The van der Waals surface area contributed by atoms with Crippen LogP contribution in [-0.4, -0.2) is 25.7 Å². The van der Waals surface area contributed by atoms with E-state index in [4.69, 9.17) is 0 Å². The van der Waals surface area contributed by atoms with Crippen molar-refractivity contribution in [1.82, 2.24) is 5.32 Å². The van der Waals surface area contributed by atoms with Crippen LogP contribution in [-0.2, 0) is 0 Å². The molecule has 0 bridgehead atoms. The van der Waals surface area contributed by atoms with Crippen LogP contribution in [0.25, 0.3) is 0 Å². The van der Waals surface area contributed by atoms with Gasteiger partial charge in [-0.15, -0.1) is 0 Å². The molecule has 1 aromatic carbocycles. The molecule has 0 aromatic heterocycles. The van der Waals surface area contributed by atoms with Crippen LogP contribution in [0.2, 0.25) is 0 Å². The first-order valence-corrected chi connectivity index (χ1v) is 7.27. The summed E-state index contributed by atoms with van der Waals surface area (Å²) in [6, 6.07) is 11.3. The molecule has 2 heteroatoms. The molecule has 0 radical (unpaired) electrons. The standard InChI is InChI=1S/C16H28N2/c1-4-18(16-11-7-5-8-12-16)14-10-6-9-13-17-15(2)3/h5,7-8,11-12,15,17H,4,6,9-10,13-14H2,1-3H3. The molecule has 0 amide bonds. The van der Waals surface area contributed by atoms with Gasteiger partial charge >= 0.3 is 0 Å². The summed E-state index contributed by atoms with van der Waals surface area (Å²) >= 11 is 0. The number of para-hydroxylation sites is 1. The molecule has 0 spiro atoms. The van der Waals surface area contributed by atoms with Crippen molar-refractivity contribution in [3.05, 3.63) is 30.3 Å². The van der Waals surface area contributed by atoms with Crippen LogP contribution in [0.3, 0.4) is 0 Å². The Bertz CT molecular complexity index is 295. The Hall–Kier alpha value is -1.02. The number of anilines is 1. The van der Waals surface area contributed by atoms with Gasteiger partial charge in [0.05, 0.1) is 0 Å². The SMILES string of the molecule is CCN(CCCCCNC(C)C)c1ccccc1. The zero-order valence-electron chi connectivity index (χ0n) is 12.2. The van der Waals surface area contributed by atoms with Gasteiger partial charge in [-0.25, -0.2) is 0 Å². The molecule has 1 N–H and O–H groups in total. The molecule has 0 aliphatic carbocycles. The lowest BCUT2D eigenvalue weighted by atomic mass is 10.2. The summed E-state index contributed by atoms with van der Waals surface area (Å²) < 4.78 is 0. The van der Waals surface area contributed by atoms with Gasteiger partial charge < -0.3 is 10.2 Å². The lowest BCUT2D eigenvalue weighted by molar-refractivity contribution is 0.547.